The van der Waals surface area contributed by atoms with E-state index in [4.69, 9.17) is 10.3 Å². The predicted octanol–water partition coefficient (Wildman–Crippen LogP) is 2.68. The van der Waals surface area contributed by atoms with Gasteiger partial charge in [0, 0.05) is 9.81 Å². The number of allylic oxidation sites excluding steroid dienone is 1. The van der Waals surface area contributed by atoms with Crippen LogP contribution >= 0.6 is 0 Å². The molecule has 8 nitrogen and oxygen atoms in total. The Bertz CT molecular complexity index is 871. The molecule has 1 aromatic rings. The monoisotopic (exact) mass is 388 g/mol. The van der Waals surface area contributed by atoms with Gasteiger partial charge >= 0.3 is 5.97 Å². The van der Waals surface area contributed by atoms with Gasteiger partial charge in [-0.05, 0) is 44.9 Å². The average molecular weight is 388 g/mol. The van der Waals surface area contributed by atoms with Gasteiger partial charge in [-0.15, -0.1) is 0 Å². The third-order valence-corrected chi connectivity index (χ3v) is 6.09. The number of ether oxygens (including phenoxy) is 1. The number of rotatable bonds is 4. The van der Waals surface area contributed by atoms with Crippen molar-refractivity contribution >= 4 is 22.7 Å². The van der Waals surface area contributed by atoms with E-state index in [0.717, 1.165) is 0 Å². The van der Waals surface area contributed by atoms with Gasteiger partial charge in [0.05, 0.1) is 22.1 Å². The number of carbonyl (C=O) groups is 2. The lowest BCUT2D eigenvalue weighted by atomic mass is 9.86. The second-order valence-electron chi connectivity index (χ2n) is 7.32. The van der Waals surface area contributed by atoms with Gasteiger partial charge in [0.25, 0.3) is 0 Å². The third kappa shape index (κ3) is 3.61. The first-order valence-electron chi connectivity index (χ1n) is 8.51. The van der Waals surface area contributed by atoms with Crippen molar-refractivity contribution in [1.29, 1.82) is 0 Å². The van der Waals surface area contributed by atoms with E-state index < -0.39 is 45.6 Å². The van der Waals surface area contributed by atoms with E-state index in [1.807, 2.05) is 6.07 Å². The molecule has 1 amide bonds. The first kappa shape index (κ1) is 19.1. The Labute approximate surface area is 159 Å². The summed E-state index contributed by atoms with van der Waals surface area (Å²) in [5.74, 6) is -1.10. The summed E-state index contributed by atoms with van der Waals surface area (Å²) in [7, 11) is -1.43. The molecule has 0 aliphatic carbocycles. The van der Waals surface area contributed by atoms with E-state index in [1.54, 1.807) is 51.1 Å². The number of hydrogen-bond donors (Lipinski definition) is 0. The average Bonchev–Trinajstić information content (AvgIpc) is 2.63. The number of esters is 1. The second-order valence-corrected chi connectivity index (χ2v) is 9.00. The smallest absolute Gasteiger partial charge is 0.355 e. The largest absolute Gasteiger partial charge is 0.455 e. The Morgan fingerprint density at radius 1 is 1.33 bits per heavy atom. The number of β-lactam (4-membered cyclic amide) rings is 1. The maximum Gasteiger partial charge on any atom is 0.355 e. The molecule has 1 fully saturated rings. The molecule has 1 aromatic carbocycles. The Balaban J connectivity index is 1.94. The summed E-state index contributed by atoms with van der Waals surface area (Å²) < 4.78 is 18.4. The molecule has 27 heavy (non-hydrogen) atoms. The molecule has 0 bridgehead atoms. The molecule has 9 heteroatoms. The Morgan fingerprint density at radius 2 is 2.00 bits per heavy atom. The molecule has 4 unspecified atom stereocenters. The molecule has 1 saturated heterocycles. The van der Waals surface area contributed by atoms with Crippen molar-refractivity contribution in [3.05, 3.63) is 52.5 Å². The van der Waals surface area contributed by atoms with Crippen LogP contribution in [0, 0.1) is 0 Å². The van der Waals surface area contributed by atoms with E-state index in [1.165, 1.54) is 4.90 Å². The van der Waals surface area contributed by atoms with Crippen molar-refractivity contribution in [3.8, 4) is 0 Å². The number of benzene rings is 1. The molecular formula is C18H20N4O4S. The van der Waals surface area contributed by atoms with E-state index >= 15 is 0 Å². The molecule has 0 aromatic heterocycles. The highest BCUT2D eigenvalue weighted by Crippen LogP contribution is 2.39. The molecule has 2 aliphatic rings. The van der Waals surface area contributed by atoms with Crippen molar-refractivity contribution in [2.45, 2.75) is 55.0 Å². The highest BCUT2D eigenvalue weighted by molar-refractivity contribution is 7.85. The van der Waals surface area contributed by atoms with Gasteiger partial charge in [0.2, 0.25) is 5.91 Å². The summed E-state index contributed by atoms with van der Waals surface area (Å²) in [6, 6.07) is 7.28. The summed E-state index contributed by atoms with van der Waals surface area (Å²) in [6.07, 6.45) is 1.89. The number of fused-ring (bicyclic) bond motifs is 1. The topological polar surface area (TPSA) is 112 Å². The molecule has 2 aliphatic heterocycles. The van der Waals surface area contributed by atoms with Crippen LogP contribution in [0.3, 0.4) is 0 Å². The number of amides is 1. The van der Waals surface area contributed by atoms with Crippen molar-refractivity contribution in [3.63, 3.8) is 0 Å². The Morgan fingerprint density at radius 3 is 2.59 bits per heavy atom. The van der Waals surface area contributed by atoms with Crippen LogP contribution in [0.5, 0.6) is 0 Å². The lowest BCUT2D eigenvalue weighted by molar-refractivity contribution is -0.160. The SMILES string of the molecule is CC(C)(C)OC(=O)C1=CCC(S(=O)c2ccccc2)C2C(N=[N+]=[N-])C(=O)N12. The number of nitrogens with zero attached hydrogens (tertiary/aromatic N) is 4. The zero-order valence-corrected chi connectivity index (χ0v) is 16.0. The zero-order valence-electron chi connectivity index (χ0n) is 15.2. The summed E-state index contributed by atoms with van der Waals surface area (Å²) in [5.41, 5.74) is 8.19. The van der Waals surface area contributed by atoms with Crippen LogP contribution in [0.15, 0.2) is 52.1 Å². The number of azide groups is 1. The summed E-state index contributed by atoms with van der Waals surface area (Å²) in [6.45, 7) is 5.21. The lowest BCUT2D eigenvalue weighted by Crippen LogP contribution is -2.70. The maximum atomic E-state index is 13.0. The van der Waals surface area contributed by atoms with Gasteiger partial charge in [-0.1, -0.05) is 29.4 Å². The van der Waals surface area contributed by atoms with Crippen LogP contribution in [0.25, 0.3) is 10.4 Å². The van der Waals surface area contributed by atoms with Gasteiger partial charge in [0.15, 0.2) is 0 Å². The van der Waals surface area contributed by atoms with Crippen molar-refractivity contribution < 1.29 is 18.5 Å². The second kappa shape index (κ2) is 7.17. The van der Waals surface area contributed by atoms with E-state index in [0.29, 0.717) is 11.3 Å². The van der Waals surface area contributed by atoms with Gasteiger partial charge in [-0.3, -0.25) is 9.00 Å². The van der Waals surface area contributed by atoms with Crippen LogP contribution in [0.4, 0.5) is 0 Å². The molecule has 2 heterocycles. The quantitative estimate of drug-likeness (QED) is 0.259. The van der Waals surface area contributed by atoms with Gasteiger partial charge in [0.1, 0.15) is 17.3 Å². The number of hydrogen-bond acceptors (Lipinski definition) is 5. The minimum Gasteiger partial charge on any atom is -0.455 e. The standard InChI is InChI=1S/C18H20N4O4S/c1-18(2,3)26-17(24)12-9-10-13(27(25)11-7-5-4-6-8-11)15-14(20-21-19)16(23)22(12)15/h4-9,13-15H,10H2,1-3H3. The highest BCUT2D eigenvalue weighted by Gasteiger charge is 2.56. The molecule has 4 atom stereocenters. The maximum absolute atomic E-state index is 13.0. The molecule has 0 saturated carbocycles. The van der Waals surface area contributed by atoms with Crippen molar-refractivity contribution in [1.82, 2.24) is 4.90 Å². The van der Waals surface area contributed by atoms with E-state index in [2.05, 4.69) is 10.0 Å². The molecule has 3 rings (SSSR count). The predicted molar refractivity (Wildman–Crippen MR) is 98.8 cm³/mol. The lowest BCUT2D eigenvalue weighted by Gasteiger charge is -2.50. The highest BCUT2D eigenvalue weighted by atomic mass is 32.2. The first-order valence-corrected chi connectivity index (χ1v) is 9.72. The Hall–Kier alpha value is -2.64. The van der Waals surface area contributed by atoms with E-state index in [9.17, 15) is 13.8 Å². The summed E-state index contributed by atoms with van der Waals surface area (Å²) >= 11 is 0. The van der Waals surface area contributed by atoms with Gasteiger partial charge < -0.3 is 9.64 Å². The zero-order chi connectivity index (χ0) is 19.8. The van der Waals surface area contributed by atoms with E-state index in [-0.39, 0.29) is 5.70 Å². The van der Waals surface area contributed by atoms with Crippen molar-refractivity contribution in [2.24, 2.45) is 5.11 Å². The fourth-order valence-electron chi connectivity index (χ4n) is 3.24. The normalized spacial score (nSPS) is 25.4. The minimum atomic E-state index is -1.43. The van der Waals surface area contributed by atoms with Gasteiger partial charge in [-0.25, -0.2) is 4.79 Å². The minimum absolute atomic E-state index is 0.116. The first-order chi connectivity index (χ1) is 12.7. The fourth-order valence-corrected chi connectivity index (χ4v) is 4.81. The summed E-state index contributed by atoms with van der Waals surface area (Å²) in [4.78, 5) is 29.6. The Kier molecular flexibility index (Phi) is 5.08. The number of carbonyl (C=O) groups excluding carboxylic acids is 2. The molecule has 142 valence electrons. The molecule has 0 radical (unpaired) electrons. The van der Waals surface area contributed by atoms with Crippen LogP contribution in [-0.2, 0) is 25.1 Å². The molecular weight excluding hydrogens is 368 g/mol. The fraction of sp³-hybridized carbons (Fsp3) is 0.444. The third-order valence-electron chi connectivity index (χ3n) is 4.33. The molecule has 0 spiro atoms. The van der Waals surface area contributed by atoms with Crippen LogP contribution in [0.1, 0.15) is 27.2 Å². The van der Waals surface area contributed by atoms with Crippen molar-refractivity contribution in [2.75, 3.05) is 0 Å². The van der Waals surface area contributed by atoms with Crippen LogP contribution < -0.4 is 0 Å². The molecule has 0 N–H and O–H groups in total. The van der Waals surface area contributed by atoms with Gasteiger partial charge in [-0.2, -0.15) is 0 Å². The summed E-state index contributed by atoms with van der Waals surface area (Å²) in [5, 5.41) is 3.09. The van der Waals surface area contributed by atoms with Crippen LogP contribution in [0.2, 0.25) is 0 Å². The van der Waals surface area contributed by atoms with Crippen LogP contribution in [-0.4, -0.2) is 43.9 Å².